The van der Waals surface area contributed by atoms with E-state index in [4.69, 9.17) is 10.5 Å². The Balaban J connectivity index is 1.87. The van der Waals surface area contributed by atoms with Crippen LogP contribution in [-0.4, -0.2) is 92.4 Å². The summed E-state index contributed by atoms with van der Waals surface area (Å²) in [7, 11) is 2.92. The molecule has 0 saturated heterocycles. The smallest absolute Gasteiger partial charge is 0.411 e. The highest BCUT2D eigenvalue weighted by atomic mass is 16.5. The fourth-order valence-electron chi connectivity index (χ4n) is 6.15. The van der Waals surface area contributed by atoms with Crippen molar-refractivity contribution in [3.05, 3.63) is 45.9 Å². The van der Waals surface area contributed by atoms with Gasteiger partial charge in [0.2, 0.25) is 5.78 Å². The third-order valence-corrected chi connectivity index (χ3v) is 8.00. The topological polar surface area (TPSA) is 220 Å². The molecule has 3 aliphatic carbocycles. The fraction of sp³-hybridized carbons (Fsp3) is 0.500. The Bertz CT molecular complexity index is 1420. The van der Waals surface area contributed by atoms with Crippen LogP contribution in [0.25, 0.3) is 0 Å². The van der Waals surface area contributed by atoms with Crippen LogP contribution in [0.5, 0.6) is 5.75 Å². The number of hydrogen-bond acceptors (Lipinski definition) is 11. The van der Waals surface area contributed by atoms with Gasteiger partial charge < -0.3 is 36.0 Å². The highest BCUT2D eigenvalue weighted by Gasteiger charge is 2.67. The van der Waals surface area contributed by atoms with Gasteiger partial charge >= 0.3 is 6.09 Å². The summed E-state index contributed by atoms with van der Waals surface area (Å²) in [5, 5.41) is 59.1. The second-order valence-corrected chi connectivity index (χ2v) is 12.2. The molecular formula is C28H35N3O10. The predicted octanol–water partition coefficient (Wildman–Crippen LogP) is 1.25. The van der Waals surface area contributed by atoms with Crippen LogP contribution in [0.4, 0.5) is 10.5 Å². The summed E-state index contributed by atoms with van der Waals surface area (Å²) >= 11 is 0. The Morgan fingerprint density at radius 3 is 2.29 bits per heavy atom. The van der Waals surface area contributed by atoms with Gasteiger partial charge in [-0.1, -0.05) is 33.8 Å². The second kappa shape index (κ2) is 9.86. The van der Waals surface area contributed by atoms with Crippen LogP contribution in [0.1, 0.15) is 49.5 Å². The average Bonchev–Trinajstić information content (AvgIpc) is 2.85. The first-order valence-corrected chi connectivity index (χ1v) is 13.0. The summed E-state index contributed by atoms with van der Waals surface area (Å²) in [6, 6.07) is 1.48. The number of Topliss-reactive ketones (excluding diaryl/α,β-unsaturated/α-hetero) is 2. The van der Waals surface area contributed by atoms with Crippen LogP contribution in [0.3, 0.4) is 0 Å². The van der Waals surface area contributed by atoms with Crippen molar-refractivity contribution in [1.29, 1.82) is 0 Å². The van der Waals surface area contributed by atoms with Crippen molar-refractivity contribution in [1.82, 2.24) is 4.90 Å². The van der Waals surface area contributed by atoms with E-state index in [1.54, 1.807) is 6.92 Å². The quantitative estimate of drug-likeness (QED) is 0.201. The summed E-state index contributed by atoms with van der Waals surface area (Å²) in [4.78, 5) is 53.1. The lowest BCUT2D eigenvalue weighted by Gasteiger charge is -2.53. The lowest BCUT2D eigenvalue weighted by molar-refractivity contribution is -0.162. The molecule has 0 spiro atoms. The van der Waals surface area contributed by atoms with Gasteiger partial charge in [0, 0.05) is 11.5 Å². The molecule has 2 amide bonds. The third-order valence-electron chi connectivity index (χ3n) is 8.00. The number of aromatic hydroxyl groups is 1. The number of likely N-dealkylation sites (N-methyl/N-ethyl adjacent to an activating group) is 1. The van der Waals surface area contributed by atoms with E-state index in [9.17, 15) is 44.7 Å². The zero-order valence-corrected chi connectivity index (χ0v) is 23.6. The monoisotopic (exact) mass is 573 g/mol. The lowest BCUT2D eigenvalue weighted by atomic mass is 9.55. The molecule has 6 atom stereocenters. The Hall–Kier alpha value is -3.94. The number of hydrogen-bond donors (Lipinski definition) is 7. The number of anilines is 1. The molecule has 4 rings (SSSR count). The molecule has 13 heteroatoms. The zero-order chi connectivity index (χ0) is 30.9. The first kappa shape index (κ1) is 30.0. The van der Waals surface area contributed by atoms with Gasteiger partial charge in [0.05, 0.1) is 35.9 Å². The van der Waals surface area contributed by atoms with Gasteiger partial charge in [0.1, 0.15) is 17.1 Å². The van der Waals surface area contributed by atoms with Gasteiger partial charge in [-0.15, -0.1) is 0 Å². The summed E-state index contributed by atoms with van der Waals surface area (Å²) in [6.45, 7) is 7.24. The number of rotatable bonds is 4. The minimum atomic E-state index is -3.01. The van der Waals surface area contributed by atoms with Crippen molar-refractivity contribution in [2.24, 2.45) is 23.0 Å². The molecule has 1 aromatic rings. The Kier molecular flexibility index (Phi) is 7.22. The number of carbonyl (C=O) groups excluding carboxylic acids is 4. The number of primary amides is 1. The van der Waals surface area contributed by atoms with E-state index in [-0.39, 0.29) is 28.8 Å². The molecule has 222 valence electrons. The molecule has 41 heavy (non-hydrogen) atoms. The largest absolute Gasteiger partial charge is 0.510 e. The number of ether oxygens (including phenoxy) is 1. The van der Waals surface area contributed by atoms with Crippen LogP contribution in [-0.2, 0) is 14.3 Å². The van der Waals surface area contributed by atoms with E-state index in [1.165, 1.54) is 31.1 Å². The zero-order valence-electron chi connectivity index (χ0n) is 23.6. The molecule has 1 aromatic carbocycles. The van der Waals surface area contributed by atoms with Crippen molar-refractivity contribution in [2.45, 2.75) is 51.4 Å². The number of carbonyl (C=O) groups is 4. The molecule has 0 fully saturated rings. The highest BCUT2D eigenvalue weighted by molar-refractivity contribution is 6.25. The minimum Gasteiger partial charge on any atom is -0.510 e. The van der Waals surface area contributed by atoms with Crippen LogP contribution in [0, 0.1) is 17.3 Å². The van der Waals surface area contributed by atoms with Crippen LogP contribution in [0.2, 0.25) is 0 Å². The number of nitrogens with two attached hydrogens (primary N) is 1. The number of benzene rings is 1. The molecule has 0 aromatic heterocycles. The maximum absolute atomic E-state index is 13.9. The van der Waals surface area contributed by atoms with Crippen LogP contribution >= 0.6 is 0 Å². The van der Waals surface area contributed by atoms with Gasteiger partial charge in [-0.2, -0.15) is 0 Å². The summed E-state index contributed by atoms with van der Waals surface area (Å²) in [5.74, 6) is -9.96. The van der Waals surface area contributed by atoms with E-state index >= 15 is 0 Å². The molecular weight excluding hydrogens is 538 g/mol. The molecule has 13 nitrogen and oxygen atoms in total. The number of fused-ring (bicyclic) bond motifs is 3. The molecule has 4 unspecified atom stereocenters. The molecule has 0 radical (unpaired) electrons. The van der Waals surface area contributed by atoms with Crippen molar-refractivity contribution in [3.63, 3.8) is 0 Å². The number of nitrogens with zero attached hydrogens (tertiary/aromatic N) is 1. The van der Waals surface area contributed by atoms with Crippen LogP contribution in [0.15, 0.2) is 34.8 Å². The van der Waals surface area contributed by atoms with Crippen molar-refractivity contribution in [2.75, 3.05) is 26.0 Å². The third kappa shape index (κ3) is 4.44. The number of phenolic OH excluding ortho intramolecular Hbond substituents is 1. The molecule has 0 aliphatic heterocycles. The first-order valence-electron chi connectivity index (χ1n) is 13.0. The number of aliphatic hydroxyl groups is 4. The Morgan fingerprint density at radius 1 is 1.15 bits per heavy atom. The second-order valence-electron chi connectivity index (χ2n) is 12.2. The van der Waals surface area contributed by atoms with Crippen LogP contribution < -0.4 is 11.1 Å². The first-order chi connectivity index (χ1) is 18.9. The Morgan fingerprint density at radius 2 is 1.76 bits per heavy atom. The molecule has 0 bridgehead atoms. The maximum Gasteiger partial charge on any atom is 0.411 e. The van der Waals surface area contributed by atoms with Crippen molar-refractivity contribution in [3.8, 4) is 5.75 Å². The number of phenols is 1. The van der Waals surface area contributed by atoms with E-state index in [0.717, 1.165) is 0 Å². The molecule has 8 N–H and O–H groups in total. The summed E-state index contributed by atoms with van der Waals surface area (Å²) in [5.41, 5.74) is 0.252. The summed E-state index contributed by atoms with van der Waals surface area (Å²) < 4.78 is 5.16. The normalized spacial score (nSPS) is 29.6. The van der Waals surface area contributed by atoms with Crippen molar-refractivity contribution < 1.29 is 49.4 Å². The SMILES string of the molecule is CC1c2ccc(NC(=O)OCC(C)(C)C)c(O)c2C(=O)C2=C(O)[C@]3(O)C(=O)C(C(N)=O)=C(O)[C@@H](N(C)C)C3C(O)C21. The average molecular weight is 574 g/mol. The molecule has 0 saturated carbocycles. The number of ketones is 2. The highest BCUT2D eigenvalue weighted by Crippen LogP contribution is 2.56. The van der Waals surface area contributed by atoms with Gasteiger partial charge in [0.15, 0.2) is 17.1 Å². The number of amides is 2. The van der Waals surface area contributed by atoms with Crippen molar-refractivity contribution >= 4 is 29.3 Å². The Labute approximate surface area is 235 Å². The summed E-state index contributed by atoms with van der Waals surface area (Å²) in [6.07, 6.45) is -2.58. The van der Waals surface area contributed by atoms with E-state index in [1.807, 2.05) is 20.8 Å². The standard InChI is InChI=1S/C28H35N3O10/c1-10-11-7-8-12(30-26(39)41-9-27(2,3)4)19(32)14(11)20(33)15-13(10)21(34)17-18(31(5)6)22(35)16(25(29)38)24(37)28(17,40)23(15)36/h7-8,10,13,17-18,21,32,34-36,40H,9H2,1-6H3,(H2,29,38)(H,30,39)/t10?,13?,17?,18-,21?,28-/m0/s1. The van der Waals surface area contributed by atoms with E-state index in [0.29, 0.717) is 0 Å². The van der Waals surface area contributed by atoms with Gasteiger partial charge in [-0.05, 0) is 37.1 Å². The fourth-order valence-corrected chi connectivity index (χ4v) is 6.15. The minimum absolute atomic E-state index is 0.0693. The van der Waals surface area contributed by atoms with Gasteiger partial charge in [0.25, 0.3) is 5.91 Å². The van der Waals surface area contributed by atoms with E-state index < -0.39 is 87.5 Å². The van der Waals surface area contributed by atoms with E-state index in [2.05, 4.69) is 5.32 Å². The van der Waals surface area contributed by atoms with Gasteiger partial charge in [-0.25, -0.2) is 4.79 Å². The van der Waals surface area contributed by atoms with Gasteiger partial charge in [-0.3, -0.25) is 24.6 Å². The predicted molar refractivity (Wildman–Crippen MR) is 144 cm³/mol. The number of nitrogens with one attached hydrogen (secondary N) is 1. The lowest BCUT2D eigenvalue weighted by Crippen LogP contribution is -2.68. The molecule has 3 aliphatic rings. The maximum atomic E-state index is 13.9. The number of aliphatic hydroxyl groups excluding tert-OH is 3. The molecule has 0 heterocycles.